The molecule has 112 valence electrons. The number of rotatable bonds is 5. The quantitative estimate of drug-likeness (QED) is 0.770. The molecule has 1 heterocycles. The second kappa shape index (κ2) is 7.04. The molecule has 0 aromatic heterocycles. The van der Waals surface area contributed by atoms with Crippen LogP contribution in [0, 0.1) is 0 Å². The second-order valence-electron chi connectivity index (χ2n) is 4.63. The summed E-state index contributed by atoms with van der Waals surface area (Å²) in [5.74, 6) is -0.945. The molecule has 0 aliphatic carbocycles. The minimum atomic E-state index is -4.78. The minimum Gasteiger partial charge on any atom is -0.368 e. The standard InChI is InChI=1S/C11H18F4N2O2/c1-17-4-2-8(3-5-17)19-7-10(18)16-9(6-12)11(13,14)15/h8-9H,2-7H2,1H3,(H,16,18)/t9-/m1/s1. The Kier molecular flexibility index (Phi) is 5.99. The fourth-order valence-electron chi connectivity index (χ4n) is 1.79. The smallest absolute Gasteiger partial charge is 0.368 e. The van der Waals surface area contributed by atoms with Crippen LogP contribution in [0.1, 0.15) is 12.8 Å². The van der Waals surface area contributed by atoms with Gasteiger partial charge in [0.05, 0.1) is 6.10 Å². The Morgan fingerprint density at radius 2 is 2.00 bits per heavy atom. The lowest BCUT2D eigenvalue weighted by Crippen LogP contribution is -2.48. The molecule has 0 aromatic carbocycles. The molecule has 0 radical (unpaired) electrons. The number of nitrogens with zero attached hydrogens (tertiary/aromatic N) is 1. The SMILES string of the molecule is CN1CCC(OCC(=O)N[C@H](CF)C(F)(F)F)CC1. The number of nitrogens with one attached hydrogen (secondary N) is 1. The molecule has 4 nitrogen and oxygen atoms in total. The van der Waals surface area contributed by atoms with Crippen LogP contribution >= 0.6 is 0 Å². The Labute approximate surface area is 109 Å². The van der Waals surface area contributed by atoms with Gasteiger partial charge in [0, 0.05) is 13.1 Å². The monoisotopic (exact) mass is 286 g/mol. The lowest BCUT2D eigenvalue weighted by atomic mass is 10.1. The van der Waals surface area contributed by atoms with Crippen molar-refractivity contribution < 1.29 is 27.1 Å². The van der Waals surface area contributed by atoms with E-state index in [0.29, 0.717) is 0 Å². The van der Waals surface area contributed by atoms with Gasteiger partial charge in [-0.05, 0) is 19.9 Å². The predicted octanol–water partition coefficient (Wildman–Crippen LogP) is 1.11. The van der Waals surface area contributed by atoms with E-state index >= 15 is 0 Å². The number of piperidine rings is 1. The number of alkyl halides is 4. The van der Waals surface area contributed by atoms with Crippen molar-refractivity contribution in [1.82, 2.24) is 10.2 Å². The van der Waals surface area contributed by atoms with Gasteiger partial charge in [0.25, 0.3) is 0 Å². The average Bonchev–Trinajstić information content (AvgIpc) is 2.34. The normalized spacial score (nSPS) is 20.3. The number of hydrogen-bond donors (Lipinski definition) is 1. The summed E-state index contributed by atoms with van der Waals surface area (Å²) in [6.07, 6.45) is -3.44. The fourth-order valence-corrected chi connectivity index (χ4v) is 1.79. The van der Waals surface area contributed by atoms with E-state index in [1.54, 1.807) is 5.32 Å². The van der Waals surface area contributed by atoms with Gasteiger partial charge >= 0.3 is 6.18 Å². The summed E-state index contributed by atoms with van der Waals surface area (Å²) in [5, 5.41) is 1.58. The third kappa shape index (κ3) is 5.73. The zero-order valence-electron chi connectivity index (χ0n) is 10.7. The Morgan fingerprint density at radius 1 is 1.42 bits per heavy atom. The number of amides is 1. The summed E-state index contributed by atoms with van der Waals surface area (Å²) in [6.45, 7) is -0.506. The first-order chi connectivity index (χ1) is 8.82. The highest BCUT2D eigenvalue weighted by molar-refractivity contribution is 5.77. The lowest BCUT2D eigenvalue weighted by molar-refractivity contribution is -0.166. The van der Waals surface area contributed by atoms with Gasteiger partial charge in [0.2, 0.25) is 5.91 Å². The molecule has 1 N–H and O–H groups in total. The highest BCUT2D eigenvalue weighted by Gasteiger charge is 2.40. The van der Waals surface area contributed by atoms with Crippen molar-refractivity contribution in [2.45, 2.75) is 31.2 Å². The maximum Gasteiger partial charge on any atom is 0.411 e. The zero-order valence-corrected chi connectivity index (χ0v) is 10.7. The van der Waals surface area contributed by atoms with Crippen molar-refractivity contribution in [3.63, 3.8) is 0 Å². The number of hydrogen-bond acceptors (Lipinski definition) is 3. The van der Waals surface area contributed by atoms with Crippen LogP contribution in [0.5, 0.6) is 0 Å². The van der Waals surface area contributed by atoms with Gasteiger partial charge in [-0.1, -0.05) is 0 Å². The summed E-state index contributed by atoms with van der Waals surface area (Å²) in [4.78, 5) is 13.4. The molecule has 0 saturated carbocycles. The number of carbonyl (C=O) groups is 1. The van der Waals surface area contributed by atoms with Gasteiger partial charge in [0.1, 0.15) is 13.3 Å². The lowest BCUT2D eigenvalue weighted by Gasteiger charge is -2.28. The van der Waals surface area contributed by atoms with Crippen molar-refractivity contribution in [2.75, 3.05) is 33.4 Å². The van der Waals surface area contributed by atoms with Crippen LogP contribution in [0.4, 0.5) is 17.6 Å². The molecule has 8 heteroatoms. The van der Waals surface area contributed by atoms with Crippen LogP contribution in [0.25, 0.3) is 0 Å². The van der Waals surface area contributed by atoms with Gasteiger partial charge in [-0.25, -0.2) is 4.39 Å². The first kappa shape index (κ1) is 16.2. The van der Waals surface area contributed by atoms with Crippen LogP contribution in [0.2, 0.25) is 0 Å². The summed E-state index contributed by atoms with van der Waals surface area (Å²) in [5.41, 5.74) is 0. The molecule has 1 fully saturated rings. The topological polar surface area (TPSA) is 41.6 Å². The highest BCUT2D eigenvalue weighted by Crippen LogP contribution is 2.20. The van der Waals surface area contributed by atoms with E-state index < -0.39 is 31.4 Å². The molecule has 0 spiro atoms. The van der Waals surface area contributed by atoms with Crippen LogP contribution in [0.15, 0.2) is 0 Å². The molecule has 1 aliphatic rings. The summed E-state index contributed by atoms with van der Waals surface area (Å²) in [6, 6.07) is -2.46. The highest BCUT2D eigenvalue weighted by atomic mass is 19.4. The molecule has 19 heavy (non-hydrogen) atoms. The Bertz CT molecular complexity index is 291. The molecule has 1 saturated heterocycles. The average molecular weight is 286 g/mol. The van der Waals surface area contributed by atoms with Crippen LogP contribution < -0.4 is 5.32 Å². The predicted molar refractivity (Wildman–Crippen MR) is 60.4 cm³/mol. The molecule has 1 atom stereocenters. The van der Waals surface area contributed by atoms with Crippen molar-refractivity contribution in [1.29, 1.82) is 0 Å². The summed E-state index contributed by atoms with van der Waals surface area (Å²) >= 11 is 0. The van der Waals surface area contributed by atoms with E-state index in [1.165, 1.54) is 0 Å². The molecule has 1 rings (SSSR count). The van der Waals surface area contributed by atoms with Gasteiger partial charge < -0.3 is 15.0 Å². The van der Waals surface area contributed by atoms with E-state index in [9.17, 15) is 22.4 Å². The van der Waals surface area contributed by atoms with Gasteiger partial charge in [-0.2, -0.15) is 13.2 Å². The molecule has 0 bridgehead atoms. The number of ether oxygens (including phenoxy) is 1. The molecular formula is C11H18F4N2O2. The Balaban J connectivity index is 2.27. The van der Waals surface area contributed by atoms with E-state index in [1.807, 2.05) is 7.05 Å². The Hall–Kier alpha value is -0.890. The maximum atomic E-state index is 12.2. The third-order valence-electron chi connectivity index (χ3n) is 3.00. The van der Waals surface area contributed by atoms with Crippen LogP contribution in [0.3, 0.4) is 0 Å². The second-order valence-corrected chi connectivity index (χ2v) is 4.63. The molecule has 1 aliphatic heterocycles. The number of likely N-dealkylation sites (tertiary alicyclic amines) is 1. The van der Waals surface area contributed by atoms with Gasteiger partial charge in [-0.3, -0.25) is 4.79 Å². The van der Waals surface area contributed by atoms with E-state index in [2.05, 4.69) is 4.90 Å². The Morgan fingerprint density at radius 3 is 2.47 bits per heavy atom. The van der Waals surface area contributed by atoms with Gasteiger partial charge in [0.15, 0.2) is 6.04 Å². The van der Waals surface area contributed by atoms with E-state index in [0.717, 1.165) is 25.9 Å². The third-order valence-corrected chi connectivity index (χ3v) is 3.00. The first-order valence-electron chi connectivity index (χ1n) is 6.05. The van der Waals surface area contributed by atoms with Crippen molar-refractivity contribution in [3.8, 4) is 0 Å². The fraction of sp³-hybridized carbons (Fsp3) is 0.909. The molecule has 0 aromatic rings. The van der Waals surface area contributed by atoms with Crippen molar-refractivity contribution in [3.05, 3.63) is 0 Å². The maximum absolute atomic E-state index is 12.2. The van der Waals surface area contributed by atoms with Crippen LogP contribution in [-0.2, 0) is 9.53 Å². The van der Waals surface area contributed by atoms with Gasteiger partial charge in [-0.15, -0.1) is 0 Å². The van der Waals surface area contributed by atoms with E-state index in [-0.39, 0.29) is 6.10 Å². The summed E-state index contributed by atoms with van der Waals surface area (Å²) in [7, 11) is 1.96. The van der Waals surface area contributed by atoms with E-state index in [4.69, 9.17) is 4.74 Å². The molecular weight excluding hydrogens is 268 g/mol. The number of carbonyl (C=O) groups excluding carboxylic acids is 1. The van der Waals surface area contributed by atoms with Crippen LogP contribution in [-0.4, -0.2) is 62.5 Å². The largest absolute Gasteiger partial charge is 0.411 e. The van der Waals surface area contributed by atoms with Crippen molar-refractivity contribution >= 4 is 5.91 Å². The molecule has 1 amide bonds. The van der Waals surface area contributed by atoms with Crippen molar-refractivity contribution in [2.24, 2.45) is 0 Å². The minimum absolute atomic E-state index is 0.128. The number of halogens is 4. The summed E-state index contributed by atoms with van der Waals surface area (Å²) < 4.78 is 54.0. The zero-order chi connectivity index (χ0) is 14.5. The first-order valence-corrected chi connectivity index (χ1v) is 6.05. The molecule has 0 unspecified atom stereocenters.